The van der Waals surface area contributed by atoms with Gasteiger partial charge in [-0.1, -0.05) is 66.2 Å². The molecule has 1 aliphatic rings. The molecule has 2 aromatic carbocycles. The van der Waals surface area contributed by atoms with Crippen molar-refractivity contribution in [3.63, 3.8) is 0 Å². The fourth-order valence-corrected chi connectivity index (χ4v) is 4.18. The molecule has 4 rings (SSSR count). The van der Waals surface area contributed by atoms with Crippen molar-refractivity contribution in [2.45, 2.75) is 24.7 Å². The van der Waals surface area contributed by atoms with Crippen LogP contribution in [0.5, 0.6) is 0 Å². The maximum absolute atomic E-state index is 10.4. The highest BCUT2D eigenvalue weighted by Gasteiger charge is 2.41. The van der Waals surface area contributed by atoms with E-state index in [9.17, 15) is 15.3 Å². The predicted octanol–water partition coefficient (Wildman–Crippen LogP) is 2.56. The minimum absolute atomic E-state index is 0.00102. The Morgan fingerprint density at radius 2 is 1.57 bits per heavy atom. The summed E-state index contributed by atoms with van der Waals surface area (Å²) in [6, 6.07) is 17.3. The van der Waals surface area contributed by atoms with Gasteiger partial charge >= 0.3 is 0 Å². The molecule has 8 heteroatoms. The second kappa shape index (κ2) is 8.57. The largest absolute Gasteiger partial charge is 0.396 e. The zero-order valence-electron chi connectivity index (χ0n) is 16.1. The molecule has 4 unspecified atom stereocenters. The smallest absolute Gasteiger partial charge is 0.223 e. The van der Waals surface area contributed by atoms with E-state index < -0.39 is 24.2 Å². The van der Waals surface area contributed by atoms with Crippen molar-refractivity contribution in [1.29, 1.82) is 0 Å². The number of nitrogens with one attached hydrogen (secondary N) is 1. The molecule has 4 atom stereocenters. The van der Waals surface area contributed by atoms with Crippen LogP contribution in [0, 0.1) is 5.92 Å². The quantitative estimate of drug-likeness (QED) is 0.397. The molecule has 30 heavy (non-hydrogen) atoms. The SMILES string of the molecule is Nc1nc(Cl)c(-c2ccc(-c3ccccc3)cc2)c(NC2CC(CO)C(O)C2O)n1. The highest BCUT2D eigenvalue weighted by atomic mass is 35.5. The number of anilines is 2. The number of aliphatic hydroxyl groups excluding tert-OH is 3. The summed E-state index contributed by atoms with van der Waals surface area (Å²) >= 11 is 6.41. The number of benzene rings is 2. The van der Waals surface area contributed by atoms with Gasteiger partial charge in [-0.15, -0.1) is 0 Å². The van der Waals surface area contributed by atoms with Gasteiger partial charge in [0.1, 0.15) is 17.1 Å². The van der Waals surface area contributed by atoms with E-state index in [4.69, 9.17) is 17.3 Å². The van der Waals surface area contributed by atoms with Gasteiger partial charge in [0, 0.05) is 12.5 Å². The average molecular weight is 427 g/mol. The zero-order valence-corrected chi connectivity index (χ0v) is 16.9. The van der Waals surface area contributed by atoms with Gasteiger partial charge in [-0.05, 0) is 23.1 Å². The Morgan fingerprint density at radius 1 is 0.933 bits per heavy atom. The van der Waals surface area contributed by atoms with Gasteiger partial charge in [0.05, 0.1) is 17.7 Å². The number of nitrogens with zero attached hydrogens (tertiary/aromatic N) is 2. The van der Waals surface area contributed by atoms with E-state index in [0.29, 0.717) is 17.8 Å². The van der Waals surface area contributed by atoms with Crippen molar-refractivity contribution in [2.75, 3.05) is 17.7 Å². The molecule has 0 radical (unpaired) electrons. The molecule has 156 valence electrons. The van der Waals surface area contributed by atoms with Gasteiger partial charge < -0.3 is 26.4 Å². The third-order valence-corrected chi connectivity index (χ3v) is 5.79. The molecule has 3 aromatic rings. The van der Waals surface area contributed by atoms with Gasteiger partial charge in [-0.3, -0.25) is 0 Å². The van der Waals surface area contributed by atoms with E-state index in [0.717, 1.165) is 16.7 Å². The van der Waals surface area contributed by atoms with E-state index in [-0.39, 0.29) is 17.7 Å². The molecule has 0 spiro atoms. The Bertz CT molecular complexity index is 1020. The van der Waals surface area contributed by atoms with Crippen molar-refractivity contribution in [3.05, 3.63) is 59.8 Å². The first-order valence-corrected chi connectivity index (χ1v) is 10.1. The molecular weight excluding hydrogens is 404 g/mol. The van der Waals surface area contributed by atoms with Crippen molar-refractivity contribution >= 4 is 23.4 Å². The molecule has 0 aliphatic heterocycles. The Balaban J connectivity index is 1.67. The van der Waals surface area contributed by atoms with Gasteiger partial charge in [-0.2, -0.15) is 4.98 Å². The summed E-state index contributed by atoms with van der Waals surface area (Å²) in [4.78, 5) is 8.35. The topological polar surface area (TPSA) is 125 Å². The van der Waals surface area contributed by atoms with Crippen molar-refractivity contribution in [1.82, 2.24) is 9.97 Å². The van der Waals surface area contributed by atoms with E-state index in [1.54, 1.807) is 0 Å². The van der Waals surface area contributed by atoms with Crippen LogP contribution in [0.4, 0.5) is 11.8 Å². The summed E-state index contributed by atoms with van der Waals surface area (Å²) in [6.45, 7) is -0.211. The maximum Gasteiger partial charge on any atom is 0.223 e. The van der Waals surface area contributed by atoms with Crippen LogP contribution in [-0.4, -0.2) is 50.1 Å². The standard InChI is InChI=1S/C22H23ClN4O3/c23-20-17(14-8-6-13(7-9-14)12-4-2-1-3-5-12)21(27-22(24)26-20)25-16-10-15(11-28)18(29)19(16)30/h1-9,15-16,18-19,28-30H,10-11H2,(H3,24,25,26,27). The van der Waals surface area contributed by atoms with Crippen molar-refractivity contribution < 1.29 is 15.3 Å². The summed E-state index contributed by atoms with van der Waals surface area (Å²) in [5.41, 5.74) is 9.29. The minimum atomic E-state index is -1.05. The van der Waals surface area contributed by atoms with Crippen LogP contribution in [0.15, 0.2) is 54.6 Å². The van der Waals surface area contributed by atoms with Crippen LogP contribution in [0.2, 0.25) is 5.15 Å². The number of rotatable bonds is 5. The first-order chi connectivity index (χ1) is 14.5. The van der Waals surface area contributed by atoms with Gasteiger partial charge in [0.15, 0.2) is 0 Å². The number of hydrogen-bond donors (Lipinski definition) is 5. The molecule has 0 bridgehead atoms. The molecule has 1 saturated carbocycles. The highest BCUT2D eigenvalue weighted by Crippen LogP contribution is 2.37. The summed E-state index contributed by atoms with van der Waals surface area (Å²) in [5.74, 6) is -0.0468. The first-order valence-electron chi connectivity index (χ1n) is 9.70. The van der Waals surface area contributed by atoms with E-state index >= 15 is 0 Å². The molecule has 1 fully saturated rings. The van der Waals surface area contributed by atoms with Gasteiger partial charge in [-0.25, -0.2) is 4.98 Å². The third-order valence-electron chi connectivity index (χ3n) is 5.52. The second-order valence-electron chi connectivity index (χ2n) is 7.45. The minimum Gasteiger partial charge on any atom is -0.396 e. The molecule has 7 nitrogen and oxygen atoms in total. The highest BCUT2D eigenvalue weighted by molar-refractivity contribution is 6.32. The normalized spacial score (nSPS) is 23.5. The third kappa shape index (κ3) is 3.97. The van der Waals surface area contributed by atoms with Crippen LogP contribution >= 0.6 is 11.6 Å². The van der Waals surface area contributed by atoms with Crippen molar-refractivity contribution in [3.8, 4) is 22.3 Å². The fraction of sp³-hybridized carbons (Fsp3) is 0.273. The predicted molar refractivity (Wildman–Crippen MR) is 117 cm³/mol. The van der Waals surface area contributed by atoms with Crippen molar-refractivity contribution in [2.24, 2.45) is 5.92 Å². The fourth-order valence-electron chi connectivity index (χ4n) is 3.89. The lowest BCUT2D eigenvalue weighted by Gasteiger charge is -2.21. The Hall–Kier alpha value is -2.71. The second-order valence-corrected chi connectivity index (χ2v) is 7.81. The van der Waals surface area contributed by atoms with E-state index in [1.807, 2.05) is 54.6 Å². The lowest BCUT2D eigenvalue weighted by molar-refractivity contribution is 0.00446. The molecule has 1 heterocycles. The molecule has 6 N–H and O–H groups in total. The van der Waals surface area contributed by atoms with Gasteiger partial charge in [0.25, 0.3) is 0 Å². The monoisotopic (exact) mass is 426 g/mol. The summed E-state index contributed by atoms with van der Waals surface area (Å²) in [5, 5.41) is 33.2. The zero-order chi connectivity index (χ0) is 21.3. The molecule has 1 aliphatic carbocycles. The molecule has 0 amide bonds. The Labute approximate surface area is 179 Å². The number of aliphatic hydroxyl groups is 3. The van der Waals surface area contributed by atoms with Crippen LogP contribution in [0.25, 0.3) is 22.3 Å². The number of hydrogen-bond acceptors (Lipinski definition) is 7. The average Bonchev–Trinajstić information content (AvgIpc) is 3.02. The summed E-state index contributed by atoms with van der Waals surface area (Å²) < 4.78 is 0. The van der Waals surface area contributed by atoms with Crippen LogP contribution in [0.1, 0.15) is 6.42 Å². The number of nitrogens with two attached hydrogens (primary N) is 1. The van der Waals surface area contributed by atoms with Crippen LogP contribution < -0.4 is 11.1 Å². The first kappa shape index (κ1) is 20.6. The lowest BCUT2D eigenvalue weighted by Crippen LogP contribution is -2.35. The maximum atomic E-state index is 10.4. The number of nitrogen functional groups attached to an aromatic ring is 1. The summed E-state index contributed by atoms with van der Waals surface area (Å²) in [6.07, 6.45) is -1.69. The Morgan fingerprint density at radius 3 is 2.20 bits per heavy atom. The summed E-state index contributed by atoms with van der Waals surface area (Å²) in [7, 11) is 0. The molecule has 0 saturated heterocycles. The van der Waals surface area contributed by atoms with E-state index in [1.165, 1.54) is 0 Å². The van der Waals surface area contributed by atoms with Crippen LogP contribution in [0.3, 0.4) is 0 Å². The van der Waals surface area contributed by atoms with E-state index in [2.05, 4.69) is 15.3 Å². The Kier molecular flexibility index (Phi) is 5.87. The van der Waals surface area contributed by atoms with Gasteiger partial charge in [0.2, 0.25) is 5.95 Å². The lowest BCUT2D eigenvalue weighted by atomic mass is 10.0. The molecule has 1 aromatic heterocycles. The van der Waals surface area contributed by atoms with Crippen LogP contribution in [-0.2, 0) is 0 Å². The molecular formula is C22H23ClN4O3. The number of aromatic nitrogens is 2. The number of halogens is 1.